The predicted molar refractivity (Wildman–Crippen MR) is 106 cm³/mol. The van der Waals surface area contributed by atoms with Gasteiger partial charge in [-0.15, -0.1) is 0 Å². The van der Waals surface area contributed by atoms with Crippen LogP contribution in [0.3, 0.4) is 0 Å². The van der Waals surface area contributed by atoms with Crippen LogP contribution >= 0.6 is 0 Å². The summed E-state index contributed by atoms with van der Waals surface area (Å²) in [5.41, 5.74) is 1.26. The van der Waals surface area contributed by atoms with Gasteiger partial charge in [0, 0.05) is 54.5 Å². The summed E-state index contributed by atoms with van der Waals surface area (Å²) in [5, 5.41) is 3.86. The molecule has 0 saturated carbocycles. The summed E-state index contributed by atoms with van der Waals surface area (Å²) in [5.74, 6) is -0.221. The van der Waals surface area contributed by atoms with E-state index in [1.54, 1.807) is 6.07 Å². The molecular formula is C21H21F3N4O2. The number of nitrogens with one attached hydrogen (secondary N) is 2. The first-order chi connectivity index (χ1) is 14.4. The normalized spacial score (nSPS) is 16.5. The number of benzene rings is 1. The van der Waals surface area contributed by atoms with E-state index in [0.29, 0.717) is 37.6 Å². The number of aromatic amines is 1. The molecule has 158 valence electrons. The van der Waals surface area contributed by atoms with Gasteiger partial charge in [0.15, 0.2) is 0 Å². The fourth-order valence-corrected chi connectivity index (χ4v) is 3.64. The first-order valence-electron chi connectivity index (χ1n) is 9.62. The number of hydrogen-bond acceptors (Lipinski definition) is 4. The maximum absolute atomic E-state index is 12.9. The highest BCUT2D eigenvalue weighted by molar-refractivity contribution is 5.94. The Morgan fingerprint density at radius 3 is 2.70 bits per heavy atom. The van der Waals surface area contributed by atoms with E-state index in [9.17, 15) is 18.0 Å². The number of carbonyl (C=O) groups excluding carboxylic acids is 1. The highest BCUT2D eigenvalue weighted by Crippen LogP contribution is 2.30. The molecule has 3 aromatic rings. The van der Waals surface area contributed by atoms with Crippen molar-refractivity contribution in [2.75, 3.05) is 31.6 Å². The lowest BCUT2D eigenvalue weighted by atomic mass is 10.0. The van der Waals surface area contributed by atoms with E-state index in [2.05, 4.69) is 15.3 Å². The standard InChI is InChI=1S/C21H21F3N4O2/c22-21(23,24)19-4-1-15(13-26-19)18(28-7-9-30-10-8-28)12-20(29)27-16-2-3-17-14(11-16)5-6-25-17/h1-6,11,13,18,25H,7-10,12H2,(H,27,29). The summed E-state index contributed by atoms with van der Waals surface area (Å²) in [6, 6.07) is 9.43. The number of anilines is 1. The molecule has 1 unspecified atom stereocenters. The third kappa shape index (κ3) is 4.63. The molecule has 1 amide bonds. The van der Waals surface area contributed by atoms with Crippen LogP contribution in [0, 0.1) is 0 Å². The number of H-pyrrole nitrogens is 1. The molecule has 30 heavy (non-hydrogen) atoms. The minimum atomic E-state index is -4.50. The molecule has 1 fully saturated rings. The monoisotopic (exact) mass is 418 g/mol. The first-order valence-corrected chi connectivity index (χ1v) is 9.62. The lowest BCUT2D eigenvalue weighted by Crippen LogP contribution is -2.40. The molecular weight excluding hydrogens is 397 g/mol. The number of rotatable bonds is 5. The summed E-state index contributed by atoms with van der Waals surface area (Å²) in [6.07, 6.45) is -1.37. The van der Waals surface area contributed by atoms with Crippen LogP contribution in [0.4, 0.5) is 18.9 Å². The minimum absolute atomic E-state index is 0.0955. The molecule has 0 radical (unpaired) electrons. The molecule has 0 spiro atoms. The van der Waals surface area contributed by atoms with Crippen LogP contribution in [0.2, 0.25) is 0 Å². The number of alkyl halides is 3. The van der Waals surface area contributed by atoms with Gasteiger partial charge >= 0.3 is 6.18 Å². The number of carbonyl (C=O) groups is 1. The van der Waals surface area contributed by atoms with E-state index in [1.807, 2.05) is 29.3 Å². The lowest BCUT2D eigenvalue weighted by molar-refractivity contribution is -0.141. The van der Waals surface area contributed by atoms with E-state index in [4.69, 9.17) is 4.74 Å². The van der Waals surface area contributed by atoms with Gasteiger partial charge in [0.05, 0.1) is 13.2 Å². The van der Waals surface area contributed by atoms with E-state index in [-0.39, 0.29) is 18.4 Å². The number of pyridine rings is 1. The maximum atomic E-state index is 12.9. The van der Waals surface area contributed by atoms with Crippen LogP contribution in [0.15, 0.2) is 48.8 Å². The fourth-order valence-electron chi connectivity index (χ4n) is 3.64. The SMILES string of the molecule is O=C(CC(c1ccc(C(F)(F)F)nc1)N1CCOCC1)Nc1ccc2[nH]ccc2c1. The van der Waals surface area contributed by atoms with Crippen molar-refractivity contribution in [1.29, 1.82) is 0 Å². The average molecular weight is 418 g/mol. The van der Waals surface area contributed by atoms with Crippen molar-refractivity contribution in [3.05, 3.63) is 60.0 Å². The number of morpholine rings is 1. The van der Waals surface area contributed by atoms with Gasteiger partial charge < -0.3 is 15.0 Å². The Morgan fingerprint density at radius 2 is 2.00 bits per heavy atom. The summed E-state index contributed by atoms with van der Waals surface area (Å²) in [6.45, 7) is 2.20. The number of halogens is 3. The van der Waals surface area contributed by atoms with Crippen LogP contribution in [-0.2, 0) is 15.7 Å². The van der Waals surface area contributed by atoms with Crippen molar-refractivity contribution in [3.8, 4) is 0 Å². The van der Waals surface area contributed by atoms with E-state index < -0.39 is 11.9 Å². The molecule has 1 atom stereocenters. The van der Waals surface area contributed by atoms with Gasteiger partial charge in [-0.3, -0.25) is 14.7 Å². The van der Waals surface area contributed by atoms with E-state index >= 15 is 0 Å². The van der Waals surface area contributed by atoms with Crippen molar-refractivity contribution >= 4 is 22.5 Å². The number of ether oxygens (including phenoxy) is 1. The molecule has 1 saturated heterocycles. The number of amides is 1. The second-order valence-corrected chi connectivity index (χ2v) is 7.17. The Labute approximate surface area is 171 Å². The molecule has 6 nitrogen and oxygen atoms in total. The fraction of sp³-hybridized carbons (Fsp3) is 0.333. The third-order valence-electron chi connectivity index (χ3n) is 5.16. The largest absolute Gasteiger partial charge is 0.433 e. The smallest absolute Gasteiger partial charge is 0.379 e. The van der Waals surface area contributed by atoms with Gasteiger partial charge in [-0.25, -0.2) is 0 Å². The predicted octanol–water partition coefficient (Wildman–Crippen LogP) is 3.98. The van der Waals surface area contributed by atoms with Gasteiger partial charge in [-0.1, -0.05) is 6.07 Å². The van der Waals surface area contributed by atoms with E-state index in [0.717, 1.165) is 17.0 Å². The Hall–Kier alpha value is -2.91. The quantitative estimate of drug-likeness (QED) is 0.658. The van der Waals surface area contributed by atoms with Crippen LogP contribution in [0.1, 0.15) is 23.7 Å². The topological polar surface area (TPSA) is 70.2 Å². The van der Waals surface area contributed by atoms with Crippen LogP contribution in [0.25, 0.3) is 10.9 Å². The molecule has 1 aromatic carbocycles. The molecule has 0 aliphatic carbocycles. The summed E-state index contributed by atoms with van der Waals surface area (Å²) in [4.78, 5) is 21.5. The number of aromatic nitrogens is 2. The van der Waals surface area contributed by atoms with Crippen LogP contribution in [0.5, 0.6) is 0 Å². The van der Waals surface area contributed by atoms with Gasteiger partial charge in [0.1, 0.15) is 5.69 Å². The lowest BCUT2D eigenvalue weighted by Gasteiger charge is -2.34. The van der Waals surface area contributed by atoms with Crippen molar-refractivity contribution < 1.29 is 22.7 Å². The zero-order valence-corrected chi connectivity index (χ0v) is 16.1. The zero-order chi connectivity index (χ0) is 21.1. The van der Waals surface area contributed by atoms with Crippen molar-refractivity contribution in [2.45, 2.75) is 18.6 Å². The maximum Gasteiger partial charge on any atom is 0.433 e. The minimum Gasteiger partial charge on any atom is -0.379 e. The van der Waals surface area contributed by atoms with Gasteiger partial charge in [0.25, 0.3) is 0 Å². The molecule has 1 aliphatic heterocycles. The molecule has 9 heteroatoms. The van der Waals surface area contributed by atoms with Gasteiger partial charge in [0.2, 0.25) is 5.91 Å². The number of hydrogen-bond donors (Lipinski definition) is 2. The summed E-state index contributed by atoms with van der Waals surface area (Å²) in [7, 11) is 0. The first kappa shape index (κ1) is 20.4. The van der Waals surface area contributed by atoms with Crippen LogP contribution in [-0.4, -0.2) is 47.1 Å². The van der Waals surface area contributed by atoms with Crippen molar-refractivity contribution in [1.82, 2.24) is 14.9 Å². The average Bonchev–Trinajstić information content (AvgIpc) is 3.20. The molecule has 4 rings (SSSR count). The van der Waals surface area contributed by atoms with Crippen molar-refractivity contribution in [2.24, 2.45) is 0 Å². The van der Waals surface area contributed by atoms with Gasteiger partial charge in [-0.05, 0) is 35.9 Å². The summed E-state index contributed by atoms with van der Waals surface area (Å²) >= 11 is 0. The Bertz CT molecular complexity index is 1010. The highest BCUT2D eigenvalue weighted by Gasteiger charge is 2.33. The second kappa shape index (κ2) is 8.45. The van der Waals surface area contributed by atoms with Crippen LogP contribution < -0.4 is 5.32 Å². The van der Waals surface area contributed by atoms with Crippen molar-refractivity contribution in [3.63, 3.8) is 0 Å². The molecule has 0 bridgehead atoms. The van der Waals surface area contributed by atoms with E-state index in [1.165, 1.54) is 12.3 Å². The molecule has 2 N–H and O–H groups in total. The molecule has 1 aliphatic rings. The molecule has 2 aromatic heterocycles. The van der Waals surface area contributed by atoms with Gasteiger partial charge in [-0.2, -0.15) is 13.2 Å². The zero-order valence-electron chi connectivity index (χ0n) is 16.1. The Balaban J connectivity index is 1.52. The molecule has 3 heterocycles. The number of fused-ring (bicyclic) bond motifs is 1. The number of nitrogens with zero attached hydrogens (tertiary/aromatic N) is 2. The summed E-state index contributed by atoms with van der Waals surface area (Å²) < 4.78 is 44.0. The second-order valence-electron chi connectivity index (χ2n) is 7.17. The third-order valence-corrected chi connectivity index (χ3v) is 5.16. The Morgan fingerprint density at radius 1 is 1.20 bits per heavy atom. The Kier molecular flexibility index (Phi) is 5.74. The highest BCUT2D eigenvalue weighted by atomic mass is 19.4.